The molecule has 6 heteroatoms. The van der Waals surface area contributed by atoms with Crippen LogP contribution in [0, 0.1) is 5.92 Å². The van der Waals surface area contributed by atoms with E-state index in [1.54, 1.807) is 0 Å². The van der Waals surface area contributed by atoms with E-state index in [4.69, 9.17) is 16.3 Å². The van der Waals surface area contributed by atoms with Gasteiger partial charge in [0.2, 0.25) is 0 Å². The molecule has 2 aliphatic rings. The molecule has 1 aromatic heterocycles. The van der Waals surface area contributed by atoms with Crippen LogP contribution in [0.2, 0.25) is 5.15 Å². The zero-order chi connectivity index (χ0) is 16.5. The summed E-state index contributed by atoms with van der Waals surface area (Å²) >= 11 is 6.34. The zero-order valence-electron chi connectivity index (χ0n) is 14.0. The molecule has 1 aliphatic heterocycles. The van der Waals surface area contributed by atoms with Crippen molar-refractivity contribution in [1.29, 1.82) is 0 Å². The lowest BCUT2D eigenvalue weighted by Gasteiger charge is -2.28. The highest BCUT2D eigenvalue weighted by Crippen LogP contribution is 2.34. The van der Waals surface area contributed by atoms with Crippen molar-refractivity contribution < 1.29 is 4.74 Å². The van der Waals surface area contributed by atoms with Crippen LogP contribution in [0.25, 0.3) is 10.9 Å². The van der Waals surface area contributed by atoms with E-state index in [1.807, 2.05) is 22.9 Å². The standard InChI is InChI=1S/C18H23ClN4O/c1-12(10-13-4-2-5-13)24-15-7-3-6-14-17(15)23(22-18(14)19)11-16-20-8-9-21-16/h3,6-7,12-13H,2,4-5,8-11H2,1H3,(H,20,21). The monoisotopic (exact) mass is 346 g/mol. The van der Waals surface area contributed by atoms with E-state index in [2.05, 4.69) is 22.3 Å². The maximum atomic E-state index is 6.34. The van der Waals surface area contributed by atoms with Gasteiger partial charge < -0.3 is 10.1 Å². The molecule has 0 amide bonds. The van der Waals surface area contributed by atoms with E-state index in [-0.39, 0.29) is 6.10 Å². The molecule has 1 fully saturated rings. The highest BCUT2D eigenvalue weighted by Gasteiger charge is 2.22. The average Bonchev–Trinajstić information content (AvgIpc) is 3.13. The minimum absolute atomic E-state index is 0.199. The van der Waals surface area contributed by atoms with Gasteiger partial charge in [0.05, 0.1) is 19.2 Å². The van der Waals surface area contributed by atoms with E-state index in [0.29, 0.717) is 11.7 Å². The molecule has 2 heterocycles. The molecular weight excluding hydrogens is 324 g/mol. The molecule has 128 valence electrons. The molecular formula is C18H23ClN4O. The number of aliphatic imine (C=N–C) groups is 1. The molecule has 24 heavy (non-hydrogen) atoms. The summed E-state index contributed by atoms with van der Waals surface area (Å²) in [4.78, 5) is 4.46. The molecule has 1 saturated carbocycles. The smallest absolute Gasteiger partial charge is 0.159 e. The molecule has 1 N–H and O–H groups in total. The normalized spacial score (nSPS) is 19.0. The topological polar surface area (TPSA) is 51.4 Å². The van der Waals surface area contributed by atoms with Gasteiger partial charge in [-0.05, 0) is 31.4 Å². The Labute approximate surface area is 147 Å². The lowest BCUT2D eigenvalue weighted by atomic mass is 9.82. The number of para-hydroxylation sites is 1. The van der Waals surface area contributed by atoms with Gasteiger partial charge in [0.25, 0.3) is 0 Å². The Hall–Kier alpha value is -1.75. The van der Waals surface area contributed by atoms with Crippen LogP contribution in [-0.2, 0) is 6.54 Å². The predicted octanol–water partition coefficient (Wildman–Crippen LogP) is 3.65. The molecule has 1 unspecified atom stereocenters. The predicted molar refractivity (Wildman–Crippen MR) is 97.1 cm³/mol. The number of rotatable bonds is 6. The Morgan fingerprint density at radius 3 is 3.00 bits per heavy atom. The number of aromatic nitrogens is 2. The summed E-state index contributed by atoms with van der Waals surface area (Å²) in [5.41, 5.74) is 0.958. The minimum Gasteiger partial charge on any atom is -0.488 e. The van der Waals surface area contributed by atoms with E-state index < -0.39 is 0 Å². The molecule has 5 nitrogen and oxygen atoms in total. The largest absolute Gasteiger partial charge is 0.488 e. The third-order valence-electron chi connectivity index (χ3n) is 4.95. The molecule has 0 bridgehead atoms. The number of hydrogen-bond donors (Lipinski definition) is 1. The van der Waals surface area contributed by atoms with Crippen LogP contribution < -0.4 is 10.1 Å². The first-order valence-corrected chi connectivity index (χ1v) is 9.17. The second-order valence-electron chi connectivity index (χ2n) is 6.82. The Balaban J connectivity index is 1.61. The summed E-state index contributed by atoms with van der Waals surface area (Å²) in [6.45, 7) is 4.47. The van der Waals surface area contributed by atoms with Gasteiger partial charge in [-0.3, -0.25) is 9.67 Å². The van der Waals surface area contributed by atoms with Gasteiger partial charge in [-0.15, -0.1) is 0 Å². The Kier molecular flexibility index (Phi) is 4.35. The fraction of sp³-hybridized carbons (Fsp3) is 0.556. The van der Waals surface area contributed by atoms with Crippen molar-refractivity contribution in [3.63, 3.8) is 0 Å². The van der Waals surface area contributed by atoms with Crippen molar-refractivity contribution in [3.8, 4) is 5.75 Å². The highest BCUT2D eigenvalue weighted by molar-refractivity contribution is 6.34. The Morgan fingerprint density at radius 1 is 1.42 bits per heavy atom. The van der Waals surface area contributed by atoms with Crippen LogP contribution >= 0.6 is 11.6 Å². The van der Waals surface area contributed by atoms with Crippen LogP contribution in [0.15, 0.2) is 23.2 Å². The van der Waals surface area contributed by atoms with Crippen molar-refractivity contribution in [2.75, 3.05) is 13.1 Å². The SMILES string of the molecule is CC(CC1CCC1)Oc1cccc2c(Cl)nn(CC3=NCCN3)c12. The van der Waals surface area contributed by atoms with Crippen LogP contribution in [-0.4, -0.2) is 34.8 Å². The summed E-state index contributed by atoms with van der Waals surface area (Å²) in [6, 6.07) is 5.99. The summed E-state index contributed by atoms with van der Waals surface area (Å²) in [7, 11) is 0. The number of nitrogens with one attached hydrogen (secondary N) is 1. The van der Waals surface area contributed by atoms with Gasteiger partial charge in [0, 0.05) is 11.9 Å². The molecule has 1 atom stereocenters. The number of ether oxygens (including phenoxy) is 1. The quantitative estimate of drug-likeness (QED) is 0.868. The number of benzene rings is 1. The first-order valence-electron chi connectivity index (χ1n) is 8.79. The van der Waals surface area contributed by atoms with Gasteiger partial charge in [0.1, 0.15) is 17.1 Å². The number of fused-ring (bicyclic) bond motifs is 1. The Morgan fingerprint density at radius 2 is 2.29 bits per heavy atom. The second kappa shape index (κ2) is 6.63. The summed E-state index contributed by atoms with van der Waals surface area (Å²) in [5.74, 6) is 2.63. The summed E-state index contributed by atoms with van der Waals surface area (Å²) < 4.78 is 8.18. The van der Waals surface area contributed by atoms with Gasteiger partial charge in [-0.1, -0.05) is 36.9 Å². The lowest BCUT2D eigenvalue weighted by molar-refractivity contribution is 0.154. The average molecular weight is 347 g/mol. The first-order chi connectivity index (χ1) is 11.7. The molecule has 2 aromatic rings. The molecule has 0 radical (unpaired) electrons. The fourth-order valence-corrected chi connectivity index (χ4v) is 3.78. The Bertz CT molecular complexity index is 766. The van der Waals surface area contributed by atoms with Crippen LogP contribution in [0.5, 0.6) is 5.75 Å². The number of nitrogens with zero attached hydrogens (tertiary/aromatic N) is 3. The molecule has 1 aromatic carbocycles. The van der Waals surface area contributed by atoms with E-state index in [0.717, 1.165) is 47.9 Å². The fourth-order valence-electron chi connectivity index (χ4n) is 3.53. The molecule has 0 saturated heterocycles. The van der Waals surface area contributed by atoms with Crippen molar-refractivity contribution in [1.82, 2.24) is 15.1 Å². The van der Waals surface area contributed by atoms with Gasteiger partial charge in [0.15, 0.2) is 5.15 Å². The number of hydrogen-bond acceptors (Lipinski definition) is 4. The van der Waals surface area contributed by atoms with Gasteiger partial charge in [-0.2, -0.15) is 5.10 Å². The van der Waals surface area contributed by atoms with Crippen molar-refractivity contribution in [3.05, 3.63) is 23.4 Å². The number of halogens is 1. The second-order valence-corrected chi connectivity index (χ2v) is 7.18. The van der Waals surface area contributed by atoms with Crippen LogP contribution in [0.3, 0.4) is 0 Å². The van der Waals surface area contributed by atoms with Gasteiger partial charge in [-0.25, -0.2) is 0 Å². The highest BCUT2D eigenvalue weighted by atomic mass is 35.5. The third-order valence-corrected chi connectivity index (χ3v) is 5.23. The first kappa shape index (κ1) is 15.8. The van der Waals surface area contributed by atoms with E-state index in [1.165, 1.54) is 19.3 Å². The number of amidine groups is 1. The summed E-state index contributed by atoms with van der Waals surface area (Å²) in [6.07, 6.45) is 5.36. The zero-order valence-corrected chi connectivity index (χ0v) is 14.7. The van der Waals surface area contributed by atoms with Crippen LogP contribution in [0.1, 0.15) is 32.6 Å². The van der Waals surface area contributed by atoms with Crippen LogP contribution in [0.4, 0.5) is 0 Å². The van der Waals surface area contributed by atoms with Gasteiger partial charge >= 0.3 is 0 Å². The maximum absolute atomic E-state index is 6.34. The third kappa shape index (κ3) is 3.09. The van der Waals surface area contributed by atoms with Crippen molar-refractivity contribution >= 4 is 28.3 Å². The van der Waals surface area contributed by atoms with Crippen molar-refractivity contribution in [2.24, 2.45) is 10.9 Å². The molecule has 1 aliphatic carbocycles. The van der Waals surface area contributed by atoms with Crippen molar-refractivity contribution in [2.45, 2.75) is 45.3 Å². The maximum Gasteiger partial charge on any atom is 0.159 e. The molecule has 0 spiro atoms. The lowest BCUT2D eigenvalue weighted by Crippen LogP contribution is -2.24. The van der Waals surface area contributed by atoms with E-state index >= 15 is 0 Å². The van der Waals surface area contributed by atoms with E-state index in [9.17, 15) is 0 Å². The summed E-state index contributed by atoms with van der Waals surface area (Å²) in [5, 5.41) is 9.23. The molecule has 4 rings (SSSR count). The minimum atomic E-state index is 0.199.